The molecule has 3 unspecified atom stereocenters. The van der Waals surface area contributed by atoms with Crippen LogP contribution in [0.4, 0.5) is 18.8 Å². The van der Waals surface area contributed by atoms with Gasteiger partial charge in [-0.2, -0.15) is 8.42 Å². The van der Waals surface area contributed by atoms with E-state index < -0.39 is 100 Å². The summed E-state index contributed by atoms with van der Waals surface area (Å²) in [7, 11) is -0.135. The van der Waals surface area contributed by atoms with E-state index >= 15 is 0 Å². The minimum Gasteiger partial charge on any atom is -0.467 e. The van der Waals surface area contributed by atoms with Crippen LogP contribution in [0.15, 0.2) is 29.2 Å². The first-order valence-corrected chi connectivity index (χ1v) is 23.0. The summed E-state index contributed by atoms with van der Waals surface area (Å²) >= 11 is 0. The summed E-state index contributed by atoms with van der Waals surface area (Å²) in [5.41, 5.74) is -1.07. The lowest BCUT2D eigenvalue weighted by Crippen LogP contribution is -2.44. The number of aliphatic hydroxyl groups is 1. The molecule has 6 atom stereocenters. The third-order valence-corrected chi connectivity index (χ3v) is 10.9. The summed E-state index contributed by atoms with van der Waals surface area (Å²) in [5, 5.41) is 9.50. The fourth-order valence-electron chi connectivity index (χ4n) is 6.64. The lowest BCUT2D eigenvalue weighted by molar-refractivity contribution is -0.146. The number of hydrogen-bond acceptors (Lipinski definition) is 18. The van der Waals surface area contributed by atoms with Crippen molar-refractivity contribution in [2.75, 3.05) is 67.5 Å². The third kappa shape index (κ3) is 19.7. The van der Waals surface area contributed by atoms with Crippen LogP contribution < -0.4 is 0 Å². The van der Waals surface area contributed by atoms with Crippen LogP contribution in [0.25, 0.3) is 0 Å². The topological polar surface area (TPSA) is 250 Å². The number of amides is 3. The van der Waals surface area contributed by atoms with Crippen LogP contribution in [0.5, 0.6) is 0 Å². The first-order chi connectivity index (χ1) is 30.9. The zero-order valence-corrected chi connectivity index (χ0v) is 41.7. The number of alkyl halides is 1. The van der Waals surface area contributed by atoms with Crippen molar-refractivity contribution >= 4 is 46.3 Å². The summed E-state index contributed by atoms with van der Waals surface area (Å²) in [5.74, 6) is -1.63. The minimum absolute atomic E-state index is 0.0220. The third-order valence-electron chi connectivity index (χ3n) is 9.52. The van der Waals surface area contributed by atoms with Crippen LogP contribution in [0.3, 0.4) is 0 Å². The van der Waals surface area contributed by atoms with E-state index in [2.05, 4.69) is 9.47 Å². The van der Waals surface area contributed by atoms with Crippen molar-refractivity contribution in [3.63, 3.8) is 0 Å². The Morgan fingerprint density at radius 3 is 1.31 bits per heavy atom. The lowest BCUT2D eigenvalue weighted by Gasteiger charge is -2.27. The first-order valence-electron chi connectivity index (χ1n) is 21.6. The Hall–Kier alpha value is -4.84. The highest BCUT2D eigenvalue weighted by atomic mass is 32.2. The number of aryl methyl sites for hydroxylation is 1. The molecule has 67 heavy (non-hydrogen) atoms. The van der Waals surface area contributed by atoms with Crippen LogP contribution in [0.1, 0.15) is 87.1 Å². The number of ether oxygens (including phenoxy) is 8. The van der Waals surface area contributed by atoms with Gasteiger partial charge in [-0.25, -0.2) is 33.2 Å². The van der Waals surface area contributed by atoms with Crippen molar-refractivity contribution in [2.24, 2.45) is 0 Å². The molecule has 23 heteroatoms. The smallest absolute Gasteiger partial charge is 0.411 e. The maximum absolute atomic E-state index is 12.4. The number of methoxy groups -OCH3 is 3. The van der Waals surface area contributed by atoms with Crippen LogP contribution in [-0.2, 0) is 66.6 Å². The van der Waals surface area contributed by atoms with Gasteiger partial charge >= 0.3 is 36.2 Å². The average molecular weight is 979 g/mol. The number of rotatable bonds is 12. The fourth-order valence-corrected chi connectivity index (χ4v) is 7.53. The number of hydrogen-bond donors (Lipinski definition) is 1. The standard InChI is InChI=1S/C20H29NO8S.C13H22FNO5.C11H19NO5/c1-14-6-8-16(9-7-14)30(24,25)28-11-10-27-15-12-17(18(22)26-5)21(13-15)19(23)29-20(2,3)4;1-13(2,3)20-12(17)15-8-9(19-6-5-14)7-10(15)11(16)18-4;1-11(2,3)17-10(15)12-6-7(13)5-8(12)9(14)16-4/h6-9,15,17H,10-13H2,1-5H3;9-10H,5-8H2,1-4H3;7-8,13H,5-6H2,1-4H3/t15-,17?;9-,10?;7-,8?/m000/s1/i;14-1;. The van der Waals surface area contributed by atoms with E-state index in [0.717, 1.165) is 5.56 Å². The Bertz CT molecular complexity index is 1920. The molecule has 0 spiro atoms. The molecular formula is C44H70FN3O18S. The Labute approximate surface area is 392 Å². The molecule has 21 nitrogen and oxygen atoms in total. The predicted octanol–water partition coefficient (Wildman–Crippen LogP) is 4.32. The van der Waals surface area contributed by atoms with E-state index in [4.69, 9.17) is 32.6 Å². The van der Waals surface area contributed by atoms with Crippen LogP contribution >= 0.6 is 0 Å². The average Bonchev–Trinajstić information content (AvgIpc) is 3.97. The number of nitrogens with zero attached hydrogens (tertiary/aromatic N) is 3. The SMILES string of the molecule is COC(=O)C1C[C@H](O)CN1C(=O)OC(C)(C)C.COC(=O)C1C[C@H](OCCOS(=O)(=O)c2ccc(C)cc2)CN1C(=O)OC(C)(C)C.COC(=O)C1C[C@H](OCC[18F])CN1C(=O)OC(C)(C)C. The zero-order valence-electron chi connectivity index (χ0n) is 40.9. The van der Waals surface area contributed by atoms with Gasteiger partial charge in [-0.15, -0.1) is 0 Å². The van der Waals surface area contributed by atoms with E-state index in [0.29, 0.717) is 0 Å². The van der Waals surface area contributed by atoms with Crippen molar-refractivity contribution in [1.29, 1.82) is 0 Å². The normalized spacial score (nSPS) is 21.8. The fraction of sp³-hybridized carbons (Fsp3) is 0.727. The number of likely N-dealkylation sites (tertiary alicyclic amines) is 3. The van der Waals surface area contributed by atoms with E-state index in [1.165, 1.54) is 48.2 Å². The van der Waals surface area contributed by atoms with Crippen molar-refractivity contribution in [1.82, 2.24) is 14.7 Å². The van der Waals surface area contributed by atoms with Gasteiger partial charge in [0.15, 0.2) is 0 Å². The second-order valence-electron chi connectivity index (χ2n) is 18.6. The van der Waals surface area contributed by atoms with Gasteiger partial charge in [-0.1, -0.05) is 17.7 Å². The van der Waals surface area contributed by atoms with Crippen LogP contribution in [0.2, 0.25) is 0 Å². The molecule has 3 amide bonds. The van der Waals surface area contributed by atoms with Crippen LogP contribution in [-0.4, -0.2) is 185 Å². The minimum atomic E-state index is -3.88. The molecule has 0 radical (unpaired) electrons. The maximum atomic E-state index is 12.4. The van der Waals surface area contributed by atoms with E-state index in [1.54, 1.807) is 74.4 Å². The molecule has 1 aromatic rings. The monoisotopic (exact) mass is 978 g/mol. The molecule has 0 saturated carbocycles. The highest BCUT2D eigenvalue weighted by molar-refractivity contribution is 7.86. The summed E-state index contributed by atoms with van der Waals surface area (Å²) in [6.07, 6.45) is -2.73. The summed E-state index contributed by atoms with van der Waals surface area (Å²) in [4.78, 5) is 75.4. The second-order valence-corrected chi connectivity index (χ2v) is 20.3. The van der Waals surface area contributed by atoms with Crippen molar-refractivity contribution in [3.05, 3.63) is 29.8 Å². The van der Waals surface area contributed by atoms with Crippen molar-refractivity contribution < 1.29 is 88.8 Å². The van der Waals surface area contributed by atoms with Crippen molar-refractivity contribution in [3.8, 4) is 0 Å². The van der Waals surface area contributed by atoms with Gasteiger partial charge in [0.1, 0.15) is 41.6 Å². The number of esters is 3. The van der Waals surface area contributed by atoms with Gasteiger partial charge in [-0.3, -0.25) is 18.9 Å². The largest absolute Gasteiger partial charge is 0.467 e. The van der Waals surface area contributed by atoms with Gasteiger partial charge in [-0.05, 0) is 81.4 Å². The number of benzene rings is 1. The van der Waals surface area contributed by atoms with Gasteiger partial charge in [0.05, 0.1) is 84.0 Å². The number of aliphatic hydroxyl groups excluding tert-OH is 1. The van der Waals surface area contributed by atoms with Gasteiger partial charge < -0.3 is 43.0 Å². The molecule has 1 N–H and O–H groups in total. The molecule has 4 rings (SSSR count). The Kier molecular flexibility index (Phi) is 22.2. The lowest BCUT2D eigenvalue weighted by atomic mass is 10.2. The molecule has 0 aromatic heterocycles. The molecule has 0 aliphatic carbocycles. The number of β-amino-alcohol motifs (C(OH)–C–C–N with tert-alkyl or cyclic N) is 1. The van der Waals surface area contributed by atoms with Crippen molar-refractivity contribution in [2.45, 2.75) is 147 Å². The summed E-state index contributed by atoms with van der Waals surface area (Å²) in [6, 6.07) is 3.98. The van der Waals surface area contributed by atoms with Gasteiger partial charge in [0.2, 0.25) is 0 Å². The second kappa shape index (κ2) is 25.5. The molecule has 3 aliphatic rings. The summed E-state index contributed by atoms with van der Waals surface area (Å²) in [6.45, 7) is 17.0. The molecule has 0 bridgehead atoms. The Morgan fingerprint density at radius 1 is 0.597 bits per heavy atom. The van der Waals surface area contributed by atoms with E-state index in [-0.39, 0.29) is 69.7 Å². The maximum Gasteiger partial charge on any atom is 0.411 e. The Morgan fingerprint density at radius 2 is 0.955 bits per heavy atom. The van der Waals surface area contributed by atoms with Gasteiger partial charge in [0.25, 0.3) is 10.1 Å². The quantitative estimate of drug-likeness (QED) is 0.133. The van der Waals surface area contributed by atoms with E-state index in [9.17, 15) is 46.7 Å². The molecule has 3 fully saturated rings. The molecular weight excluding hydrogens is 909 g/mol. The molecule has 3 aliphatic heterocycles. The zero-order chi connectivity index (χ0) is 51.1. The van der Waals surface area contributed by atoms with Gasteiger partial charge in [0, 0.05) is 19.3 Å². The number of carbonyl (C=O) groups excluding carboxylic acids is 6. The predicted molar refractivity (Wildman–Crippen MR) is 236 cm³/mol. The molecule has 3 saturated heterocycles. The highest BCUT2D eigenvalue weighted by Gasteiger charge is 2.45. The summed E-state index contributed by atoms with van der Waals surface area (Å²) < 4.78 is 82.2. The Balaban J connectivity index is 0.000000363. The molecule has 382 valence electrons. The number of carbonyl (C=O) groups is 6. The number of halogens is 1. The molecule has 3 heterocycles. The highest BCUT2D eigenvalue weighted by Crippen LogP contribution is 2.27. The van der Waals surface area contributed by atoms with E-state index in [1.807, 2.05) is 6.92 Å². The molecule has 1 aromatic carbocycles. The van der Waals surface area contributed by atoms with Crippen LogP contribution in [0, 0.1) is 6.92 Å². The first kappa shape index (κ1) is 58.3.